The lowest BCUT2D eigenvalue weighted by atomic mass is 9.68. The normalized spacial score (nSPS) is 34.6. The van der Waals surface area contributed by atoms with Crippen molar-refractivity contribution in [3.05, 3.63) is 42.0 Å². The molecule has 1 N–H and O–H groups in total. The Labute approximate surface area is 131 Å². The smallest absolute Gasteiger partial charge is 0.297 e. The minimum Gasteiger partial charge on any atom is -0.385 e. The zero-order chi connectivity index (χ0) is 16.0. The fraction of sp³-hybridized carbons (Fsp3) is 0.529. The highest BCUT2D eigenvalue weighted by Crippen LogP contribution is 2.54. The average molecular weight is 322 g/mol. The molecule has 22 heavy (non-hydrogen) atoms. The molecule has 4 nitrogen and oxygen atoms in total. The lowest BCUT2D eigenvalue weighted by Crippen LogP contribution is -2.48. The van der Waals surface area contributed by atoms with Gasteiger partial charge in [-0.1, -0.05) is 36.8 Å². The van der Waals surface area contributed by atoms with Crippen LogP contribution in [0, 0.1) is 12.3 Å². The second-order valence-electron chi connectivity index (χ2n) is 6.67. The minimum atomic E-state index is -3.81. The van der Waals surface area contributed by atoms with Gasteiger partial charge in [0.05, 0.1) is 16.6 Å². The first-order valence-electron chi connectivity index (χ1n) is 7.67. The Hall–Kier alpha value is -1.17. The maximum Gasteiger partial charge on any atom is 0.297 e. The molecule has 0 radical (unpaired) electrons. The van der Waals surface area contributed by atoms with Crippen LogP contribution in [-0.2, 0) is 14.3 Å². The third kappa shape index (κ3) is 2.41. The Morgan fingerprint density at radius 2 is 1.91 bits per heavy atom. The van der Waals surface area contributed by atoms with E-state index < -0.39 is 27.2 Å². The molecule has 2 aliphatic rings. The van der Waals surface area contributed by atoms with E-state index in [0.717, 1.165) is 18.4 Å². The van der Waals surface area contributed by atoms with Gasteiger partial charge in [0, 0.05) is 5.41 Å². The monoisotopic (exact) mass is 322 g/mol. The van der Waals surface area contributed by atoms with Crippen LogP contribution in [0.4, 0.5) is 0 Å². The highest BCUT2D eigenvalue weighted by atomic mass is 32.2. The molecule has 0 amide bonds. The molecule has 0 heterocycles. The van der Waals surface area contributed by atoms with Crippen LogP contribution in [-0.4, -0.2) is 25.2 Å². The molecule has 1 fully saturated rings. The van der Waals surface area contributed by atoms with Crippen LogP contribution in [0.1, 0.15) is 38.2 Å². The largest absolute Gasteiger partial charge is 0.385 e. The fourth-order valence-electron chi connectivity index (χ4n) is 3.61. The second-order valence-corrected chi connectivity index (χ2v) is 8.25. The van der Waals surface area contributed by atoms with Gasteiger partial charge in [-0.25, -0.2) is 0 Å². The third-order valence-electron chi connectivity index (χ3n) is 5.26. The van der Waals surface area contributed by atoms with Crippen LogP contribution < -0.4 is 0 Å². The molecule has 0 spiro atoms. The summed E-state index contributed by atoms with van der Waals surface area (Å²) >= 11 is 0. The molecular formula is C17H22O4S. The Balaban J connectivity index is 1.87. The van der Waals surface area contributed by atoms with Crippen molar-refractivity contribution in [2.75, 3.05) is 0 Å². The van der Waals surface area contributed by atoms with Gasteiger partial charge in [0.15, 0.2) is 0 Å². The van der Waals surface area contributed by atoms with E-state index in [-0.39, 0.29) is 4.90 Å². The van der Waals surface area contributed by atoms with E-state index in [2.05, 4.69) is 0 Å². The molecular weight excluding hydrogens is 300 g/mol. The topological polar surface area (TPSA) is 63.6 Å². The maximum absolute atomic E-state index is 12.5. The lowest BCUT2D eigenvalue weighted by molar-refractivity contribution is -0.0592. The number of benzene rings is 1. The maximum atomic E-state index is 12.5. The second kappa shape index (κ2) is 5.18. The predicted molar refractivity (Wildman–Crippen MR) is 83.9 cm³/mol. The van der Waals surface area contributed by atoms with Gasteiger partial charge >= 0.3 is 0 Å². The van der Waals surface area contributed by atoms with E-state index >= 15 is 0 Å². The van der Waals surface area contributed by atoms with Crippen LogP contribution in [0.25, 0.3) is 0 Å². The van der Waals surface area contributed by atoms with Crippen molar-refractivity contribution in [1.82, 2.24) is 0 Å². The van der Waals surface area contributed by atoms with Gasteiger partial charge in [0.1, 0.15) is 0 Å². The molecule has 0 aliphatic heterocycles. The van der Waals surface area contributed by atoms with Crippen LogP contribution in [0.15, 0.2) is 41.3 Å². The average Bonchev–Trinajstić information content (AvgIpc) is 2.72. The first-order valence-corrected chi connectivity index (χ1v) is 9.08. The minimum absolute atomic E-state index is 0.170. The van der Waals surface area contributed by atoms with Gasteiger partial charge < -0.3 is 5.11 Å². The summed E-state index contributed by atoms with van der Waals surface area (Å²) in [5.41, 5.74) is -0.517. The molecule has 3 rings (SSSR count). The fourth-order valence-corrected chi connectivity index (χ4v) is 4.81. The van der Waals surface area contributed by atoms with E-state index in [0.29, 0.717) is 12.8 Å². The Morgan fingerprint density at radius 3 is 2.59 bits per heavy atom. The number of rotatable bonds is 3. The zero-order valence-electron chi connectivity index (χ0n) is 13.0. The van der Waals surface area contributed by atoms with Gasteiger partial charge in [0.25, 0.3) is 10.1 Å². The van der Waals surface area contributed by atoms with Gasteiger partial charge in [-0.3, -0.25) is 4.18 Å². The first-order chi connectivity index (χ1) is 10.3. The van der Waals surface area contributed by atoms with Crippen molar-refractivity contribution in [3.63, 3.8) is 0 Å². The van der Waals surface area contributed by atoms with Gasteiger partial charge in [-0.15, -0.1) is 0 Å². The summed E-state index contributed by atoms with van der Waals surface area (Å²) < 4.78 is 30.5. The summed E-state index contributed by atoms with van der Waals surface area (Å²) in [7, 11) is -3.81. The molecule has 3 atom stereocenters. The van der Waals surface area contributed by atoms with Crippen molar-refractivity contribution >= 4 is 10.1 Å². The van der Waals surface area contributed by atoms with Crippen molar-refractivity contribution in [1.29, 1.82) is 0 Å². The molecule has 0 saturated heterocycles. The highest BCUT2D eigenvalue weighted by molar-refractivity contribution is 7.86. The van der Waals surface area contributed by atoms with Crippen molar-refractivity contribution < 1.29 is 17.7 Å². The molecule has 5 heteroatoms. The molecule has 1 aromatic carbocycles. The standard InChI is InChI=1S/C17H22O4S/c1-13-5-7-14(8-6-13)22(19,20)21-15-9-12-17(18)11-4-3-10-16(15,17)2/h4-8,11,15,18H,3,9-10,12H2,1-2H3/t15-,16+,17+/m1/s1. The Morgan fingerprint density at radius 1 is 1.23 bits per heavy atom. The summed E-state index contributed by atoms with van der Waals surface area (Å²) in [6.45, 7) is 3.84. The van der Waals surface area contributed by atoms with Gasteiger partial charge in [-0.05, 0) is 44.7 Å². The SMILES string of the molecule is Cc1ccc(S(=O)(=O)O[C@@H]2CC[C@@]3(O)C=CCC[C@@]23C)cc1. The number of allylic oxidation sites excluding steroid dienone is 1. The van der Waals surface area contributed by atoms with Crippen LogP contribution >= 0.6 is 0 Å². The van der Waals surface area contributed by atoms with Gasteiger partial charge in [0.2, 0.25) is 0 Å². The van der Waals surface area contributed by atoms with Crippen molar-refractivity contribution in [2.45, 2.75) is 56.1 Å². The number of aliphatic hydroxyl groups is 1. The van der Waals surface area contributed by atoms with Crippen LogP contribution in [0.3, 0.4) is 0 Å². The van der Waals surface area contributed by atoms with E-state index in [1.54, 1.807) is 24.3 Å². The molecule has 0 aromatic heterocycles. The molecule has 120 valence electrons. The molecule has 1 aromatic rings. The summed E-state index contributed by atoms with van der Waals surface area (Å²) in [4.78, 5) is 0.170. The Kier molecular flexibility index (Phi) is 3.70. The Bertz CT molecular complexity index is 692. The lowest BCUT2D eigenvalue weighted by Gasteiger charge is -2.43. The summed E-state index contributed by atoms with van der Waals surface area (Å²) in [6, 6.07) is 6.64. The number of hydrogen-bond acceptors (Lipinski definition) is 4. The van der Waals surface area contributed by atoms with E-state index in [9.17, 15) is 13.5 Å². The number of fused-ring (bicyclic) bond motifs is 1. The van der Waals surface area contributed by atoms with Crippen molar-refractivity contribution in [3.8, 4) is 0 Å². The summed E-state index contributed by atoms with van der Waals surface area (Å²) in [5, 5.41) is 10.8. The van der Waals surface area contributed by atoms with E-state index in [1.165, 1.54) is 0 Å². The number of hydrogen-bond donors (Lipinski definition) is 1. The quantitative estimate of drug-likeness (QED) is 0.686. The first kappa shape index (κ1) is 15.7. The van der Waals surface area contributed by atoms with Crippen molar-refractivity contribution in [2.24, 2.45) is 5.41 Å². The van der Waals surface area contributed by atoms with Crippen LogP contribution in [0.2, 0.25) is 0 Å². The number of aryl methyl sites for hydroxylation is 1. The predicted octanol–water partition coefficient (Wildman–Crippen LogP) is 2.95. The molecule has 0 unspecified atom stereocenters. The molecule has 2 aliphatic carbocycles. The van der Waals surface area contributed by atoms with E-state index in [1.807, 2.05) is 26.0 Å². The van der Waals surface area contributed by atoms with Crippen LogP contribution in [0.5, 0.6) is 0 Å². The highest BCUT2D eigenvalue weighted by Gasteiger charge is 2.57. The summed E-state index contributed by atoms with van der Waals surface area (Å²) in [6.07, 6.45) is 5.94. The third-order valence-corrected chi connectivity index (χ3v) is 6.60. The van der Waals surface area contributed by atoms with Gasteiger partial charge in [-0.2, -0.15) is 8.42 Å². The molecule has 1 saturated carbocycles. The summed E-state index contributed by atoms with van der Waals surface area (Å²) in [5.74, 6) is 0. The van der Waals surface area contributed by atoms with E-state index in [4.69, 9.17) is 4.18 Å². The molecule has 0 bridgehead atoms. The zero-order valence-corrected chi connectivity index (χ0v) is 13.8.